The normalized spacial score (nSPS) is 14.9. The van der Waals surface area contributed by atoms with Crippen molar-refractivity contribution in [1.29, 1.82) is 0 Å². The first-order chi connectivity index (χ1) is 11.4. The van der Waals surface area contributed by atoms with E-state index in [9.17, 15) is 13.2 Å². The number of thiophene rings is 1. The lowest BCUT2D eigenvalue weighted by molar-refractivity contribution is 0.102. The largest absolute Gasteiger partial charge is 0.292 e. The highest BCUT2D eigenvalue weighted by Crippen LogP contribution is 2.38. The Balaban J connectivity index is 1.47. The predicted octanol–water partition coefficient (Wildman–Crippen LogP) is 1.81. The third-order valence-corrected chi connectivity index (χ3v) is 6.21. The third kappa shape index (κ3) is 5.13. The molecule has 24 heavy (non-hydrogen) atoms. The molecule has 0 unspecified atom stereocenters. The van der Waals surface area contributed by atoms with E-state index in [1.165, 1.54) is 23.1 Å². The summed E-state index contributed by atoms with van der Waals surface area (Å²) >= 11 is 2.73. The van der Waals surface area contributed by atoms with E-state index in [0.717, 1.165) is 29.8 Å². The van der Waals surface area contributed by atoms with Crippen molar-refractivity contribution in [2.45, 2.75) is 30.3 Å². The summed E-state index contributed by atoms with van der Waals surface area (Å²) in [5, 5.41) is 7.66. The van der Waals surface area contributed by atoms with Crippen LogP contribution in [0.1, 0.15) is 39.1 Å². The summed E-state index contributed by atoms with van der Waals surface area (Å²) in [4.78, 5) is 18.3. The van der Waals surface area contributed by atoms with Crippen molar-refractivity contribution in [1.82, 2.24) is 19.9 Å². The van der Waals surface area contributed by atoms with Gasteiger partial charge < -0.3 is 0 Å². The van der Waals surface area contributed by atoms with Gasteiger partial charge in [-0.15, -0.1) is 16.4 Å². The van der Waals surface area contributed by atoms with Gasteiger partial charge in [0.15, 0.2) is 5.78 Å². The first kappa shape index (κ1) is 17.6. The Morgan fingerprint density at radius 1 is 1.46 bits per heavy atom. The van der Waals surface area contributed by atoms with Crippen molar-refractivity contribution in [2.75, 3.05) is 18.6 Å². The number of rotatable bonds is 9. The number of hydrogen-bond acceptors (Lipinski definition) is 7. The van der Waals surface area contributed by atoms with E-state index in [1.54, 1.807) is 6.07 Å². The molecule has 0 radical (unpaired) electrons. The number of carbonyl (C=O) groups excluding carboxylic acids is 1. The minimum Gasteiger partial charge on any atom is -0.292 e. The molecule has 3 rings (SSSR count). The standard InChI is InChI=1S/C14H18N4O3S3/c1-24(20,21)15-7-6-10-4-5-12(23-10)11(19)8-22-14-16-13(17-18-14)9-2-3-9/h4-5,9,15H,2-3,6-8H2,1H3,(H,16,17,18). The molecule has 7 nitrogen and oxygen atoms in total. The van der Waals surface area contributed by atoms with Crippen molar-refractivity contribution >= 4 is 38.9 Å². The van der Waals surface area contributed by atoms with Crippen LogP contribution in [0.25, 0.3) is 0 Å². The van der Waals surface area contributed by atoms with Crippen molar-refractivity contribution in [3.05, 3.63) is 27.7 Å². The molecule has 0 aliphatic heterocycles. The molecule has 0 saturated heterocycles. The number of nitrogens with zero attached hydrogens (tertiary/aromatic N) is 2. The molecule has 1 aliphatic rings. The summed E-state index contributed by atoms with van der Waals surface area (Å²) in [5.74, 6) is 1.76. The smallest absolute Gasteiger partial charge is 0.208 e. The van der Waals surface area contributed by atoms with E-state index in [-0.39, 0.29) is 5.78 Å². The SMILES string of the molecule is CS(=O)(=O)NCCc1ccc(C(=O)CSc2n[nH]c(C3CC3)n2)s1. The number of ketones is 1. The van der Waals surface area contributed by atoms with Gasteiger partial charge in [-0.05, 0) is 31.4 Å². The van der Waals surface area contributed by atoms with Crippen LogP contribution in [0.2, 0.25) is 0 Å². The van der Waals surface area contributed by atoms with Crippen LogP contribution >= 0.6 is 23.1 Å². The monoisotopic (exact) mass is 386 g/mol. The Bertz CT molecular complexity index is 824. The third-order valence-electron chi connectivity index (χ3n) is 3.45. The molecule has 0 amide bonds. The zero-order chi connectivity index (χ0) is 17.2. The van der Waals surface area contributed by atoms with Gasteiger partial charge in [0.05, 0.1) is 16.9 Å². The Morgan fingerprint density at radius 2 is 2.25 bits per heavy atom. The molecule has 0 atom stereocenters. The highest BCUT2D eigenvalue weighted by molar-refractivity contribution is 7.99. The van der Waals surface area contributed by atoms with Crippen LogP contribution in [-0.4, -0.2) is 47.9 Å². The maximum absolute atomic E-state index is 12.2. The highest BCUT2D eigenvalue weighted by Gasteiger charge is 2.27. The quantitative estimate of drug-likeness (QED) is 0.503. The second-order valence-corrected chi connectivity index (χ2v) is 9.62. The van der Waals surface area contributed by atoms with Crippen LogP contribution in [-0.2, 0) is 16.4 Å². The summed E-state index contributed by atoms with van der Waals surface area (Å²) in [7, 11) is -3.18. The molecule has 1 fully saturated rings. The lowest BCUT2D eigenvalue weighted by Crippen LogP contribution is -2.23. The second kappa shape index (κ2) is 7.34. The first-order valence-corrected chi connectivity index (χ1v) is 11.2. The number of sulfonamides is 1. The van der Waals surface area contributed by atoms with E-state index < -0.39 is 10.0 Å². The van der Waals surface area contributed by atoms with Gasteiger partial charge in [-0.1, -0.05) is 11.8 Å². The summed E-state index contributed by atoms with van der Waals surface area (Å²) < 4.78 is 24.5. The predicted molar refractivity (Wildman–Crippen MR) is 94.3 cm³/mol. The van der Waals surface area contributed by atoms with Crippen LogP contribution in [0.4, 0.5) is 0 Å². The Morgan fingerprint density at radius 3 is 2.96 bits per heavy atom. The topological polar surface area (TPSA) is 105 Å². The molecule has 2 N–H and O–H groups in total. The Hall–Kier alpha value is -1.23. The van der Waals surface area contributed by atoms with Gasteiger partial charge in [-0.25, -0.2) is 18.1 Å². The fraction of sp³-hybridized carbons (Fsp3) is 0.500. The maximum atomic E-state index is 12.2. The summed E-state index contributed by atoms with van der Waals surface area (Å²) in [6, 6.07) is 3.65. The average Bonchev–Trinajstić information content (AvgIpc) is 3.07. The Kier molecular flexibility index (Phi) is 5.38. The molecular formula is C14H18N4O3S3. The van der Waals surface area contributed by atoms with Crippen LogP contribution in [0.3, 0.4) is 0 Å². The number of Topliss-reactive ketones (excluding diaryl/α,β-unsaturated/α-hetero) is 1. The molecule has 2 heterocycles. The molecular weight excluding hydrogens is 368 g/mol. The number of hydrogen-bond donors (Lipinski definition) is 2. The van der Waals surface area contributed by atoms with Gasteiger partial charge >= 0.3 is 0 Å². The molecule has 2 aromatic heterocycles. The second-order valence-electron chi connectivity index (χ2n) is 5.67. The van der Waals surface area contributed by atoms with E-state index in [2.05, 4.69) is 19.9 Å². The van der Waals surface area contributed by atoms with Crippen molar-refractivity contribution in [3.8, 4) is 0 Å². The number of carbonyl (C=O) groups is 1. The van der Waals surface area contributed by atoms with Crippen molar-refractivity contribution in [2.24, 2.45) is 0 Å². The highest BCUT2D eigenvalue weighted by atomic mass is 32.2. The number of H-pyrrole nitrogens is 1. The van der Waals surface area contributed by atoms with Gasteiger partial charge in [0, 0.05) is 17.3 Å². The maximum Gasteiger partial charge on any atom is 0.208 e. The minimum atomic E-state index is -3.18. The molecule has 1 aliphatic carbocycles. The van der Waals surface area contributed by atoms with E-state index in [4.69, 9.17) is 0 Å². The zero-order valence-corrected chi connectivity index (χ0v) is 15.6. The van der Waals surface area contributed by atoms with Gasteiger partial charge in [0.25, 0.3) is 0 Å². The van der Waals surface area contributed by atoms with E-state index in [1.807, 2.05) is 6.07 Å². The molecule has 130 valence electrons. The fourth-order valence-electron chi connectivity index (χ4n) is 2.09. The number of aromatic amines is 1. The fourth-order valence-corrected chi connectivity index (χ4v) is 4.28. The lowest BCUT2D eigenvalue weighted by atomic mass is 10.3. The molecule has 1 saturated carbocycles. The summed E-state index contributed by atoms with van der Waals surface area (Å²) in [5.41, 5.74) is 0. The number of aromatic nitrogens is 3. The molecule has 10 heteroatoms. The molecule has 0 spiro atoms. The van der Waals surface area contributed by atoms with Gasteiger partial charge in [-0.3, -0.25) is 9.89 Å². The summed E-state index contributed by atoms with van der Waals surface area (Å²) in [6.07, 6.45) is 4.02. The minimum absolute atomic E-state index is 0.0325. The van der Waals surface area contributed by atoms with E-state index in [0.29, 0.717) is 34.7 Å². The van der Waals surface area contributed by atoms with E-state index >= 15 is 0 Å². The molecule has 0 bridgehead atoms. The van der Waals surface area contributed by atoms with Crippen LogP contribution < -0.4 is 4.72 Å². The molecule has 2 aromatic rings. The van der Waals surface area contributed by atoms with Gasteiger partial charge in [0.2, 0.25) is 15.2 Å². The van der Waals surface area contributed by atoms with Crippen LogP contribution in [0, 0.1) is 0 Å². The zero-order valence-electron chi connectivity index (χ0n) is 13.1. The van der Waals surface area contributed by atoms with Gasteiger partial charge in [0.1, 0.15) is 5.82 Å². The summed E-state index contributed by atoms with van der Waals surface area (Å²) in [6.45, 7) is 0.336. The van der Waals surface area contributed by atoms with Gasteiger partial charge in [-0.2, -0.15) is 0 Å². The number of nitrogens with one attached hydrogen (secondary N) is 2. The Labute approximate surface area is 148 Å². The van der Waals surface area contributed by atoms with Crippen LogP contribution in [0.15, 0.2) is 17.3 Å². The van der Waals surface area contributed by atoms with Crippen LogP contribution in [0.5, 0.6) is 0 Å². The number of thioether (sulfide) groups is 1. The van der Waals surface area contributed by atoms with Crippen molar-refractivity contribution in [3.63, 3.8) is 0 Å². The van der Waals surface area contributed by atoms with Crippen molar-refractivity contribution < 1.29 is 13.2 Å². The lowest BCUT2D eigenvalue weighted by Gasteiger charge is -1.99. The molecule has 0 aromatic carbocycles. The first-order valence-electron chi connectivity index (χ1n) is 7.52. The average molecular weight is 387 g/mol.